The van der Waals surface area contributed by atoms with Crippen LogP contribution in [0.2, 0.25) is 0 Å². The Hall–Kier alpha value is -3.82. The third-order valence-corrected chi connectivity index (χ3v) is 5.61. The maximum absolute atomic E-state index is 13.6. The summed E-state index contributed by atoms with van der Waals surface area (Å²) < 4.78 is 26.9. The topological polar surface area (TPSA) is 98.8 Å². The summed E-state index contributed by atoms with van der Waals surface area (Å²) in [7, 11) is 0. The average molecular weight is 442 g/mol. The predicted molar refractivity (Wildman–Crippen MR) is 111 cm³/mol. The van der Waals surface area contributed by atoms with Gasteiger partial charge in [0, 0.05) is 24.3 Å². The van der Waals surface area contributed by atoms with Crippen LogP contribution in [0, 0.1) is 11.6 Å². The quantitative estimate of drug-likeness (QED) is 0.695. The van der Waals surface area contributed by atoms with Crippen LogP contribution in [-0.2, 0) is 19.9 Å². The number of nitrogens with zero attached hydrogens (tertiary/aromatic N) is 2. The van der Waals surface area contributed by atoms with Gasteiger partial charge in [0.2, 0.25) is 11.8 Å². The van der Waals surface area contributed by atoms with Gasteiger partial charge in [-0.3, -0.25) is 19.3 Å². The zero-order valence-corrected chi connectivity index (χ0v) is 17.2. The lowest BCUT2D eigenvalue weighted by molar-refractivity contribution is -0.133. The Morgan fingerprint density at radius 1 is 1.09 bits per heavy atom. The van der Waals surface area contributed by atoms with Crippen LogP contribution in [-0.4, -0.2) is 41.7 Å². The Morgan fingerprint density at radius 2 is 1.81 bits per heavy atom. The monoisotopic (exact) mass is 442 g/mol. The number of carbonyl (C=O) groups is 4. The maximum atomic E-state index is 13.6. The van der Waals surface area contributed by atoms with Crippen LogP contribution < -0.4 is 15.5 Å². The summed E-state index contributed by atoms with van der Waals surface area (Å²) in [5.74, 6) is -3.56. The molecular formula is C22H20F2N4O4. The van der Waals surface area contributed by atoms with Gasteiger partial charge in [0.1, 0.15) is 12.1 Å². The van der Waals surface area contributed by atoms with E-state index in [4.69, 9.17) is 0 Å². The second-order valence-corrected chi connectivity index (χ2v) is 7.82. The van der Waals surface area contributed by atoms with Gasteiger partial charge in [-0.05, 0) is 55.3 Å². The Bertz CT molecular complexity index is 1120. The number of hydrogen-bond donors (Lipinski definition) is 2. The van der Waals surface area contributed by atoms with Gasteiger partial charge in [-0.2, -0.15) is 0 Å². The second kappa shape index (κ2) is 8.03. The Labute approximate surface area is 182 Å². The number of rotatable bonds is 5. The van der Waals surface area contributed by atoms with Crippen molar-refractivity contribution in [2.45, 2.75) is 25.3 Å². The lowest BCUT2D eigenvalue weighted by atomic mass is 9.92. The molecule has 2 heterocycles. The van der Waals surface area contributed by atoms with Crippen LogP contribution in [0.3, 0.4) is 0 Å². The van der Waals surface area contributed by atoms with E-state index in [9.17, 15) is 28.0 Å². The largest absolute Gasteiger partial charge is 0.325 e. The summed E-state index contributed by atoms with van der Waals surface area (Å²) in [5, 5.41) is 5.03. The summed E-state index contributed by atoms with van der Waals surface area (Å²) in [6, 6.07) is 8.73. The van der Waals surface area contributed by atoms with Gasteiger partial charge in [0.25, 0.3) is 5.91 Å². The van der Waals surface area contributed by atoms with Crippen molar-refractivity contribution in [3.63, 3.8) is 0 Å². The lowest BCUT2D eigenvalue weighted by Gasteiger charge is -2.22. The minimum atomic E-state index is -1.63. The van der Waals surface area contributed by atoms with Crippen molar-refractivity contribution in [2.75, 3.05) is 23.3 Å². The molecule has 166 valence electrons. The van der Waals surface area contributed by atoms with E-state index < -0.39 is 41.6 Å². The van der Waals surface area contributed by atoms with Crippen molar-refractivity contribution in [1.29, 1.82) is 0 Å². The number of halogens is 2. The number of anilines is 2. The summed E-state index contributed by atoms with van der Waals surface area (Å²) in [6.07, 6.45) is 1.31. The molecule has 0 aliphatic carbocycles. The Kier molecular flexibility index (Phi) is 5.37. The zero-order valence-electron chi connectivity index (χ0n) is 17.2. The summed E-state index contributed by atoms with van der Waals surface area (Å²) >= 11 is 0. The standard InChI is InChI=1S/C22H20F2N4O4/c1-22(13-4-9-16(23)17(24)11-13)20(31)28(21(32)26-22)12-18(29)25-14-5-7-15(8-6-14)27-10-2-3-19(27)30/h4-9,11H,2-3,10,12H2,1H3,(H,25,29)(H,26,32). The number of imide groups is 1. The smallest absolute Gasteiger partial charge is 0.325 e. The molecule has 2 fully saturated rings. The van der Waals surface area contributed by atoms with Crippen LogP contribution in [0.25, 0.3) is 0 Å². The number of urea groups is 1. The maximum Gasteiger partial charge on any atom is 0.325 e. The highest BCUT2D eigenvalue weighted by molar-refractivity contribution is 6.10. The van der Waals surface area contributed by atoms with E-state index in [1.165, 1.54) is 13.0 Å². The van der Waals surface area contributed by atoms with Gasteiger partial charge >= 0.3 is 6.03 Å². The molecule has 0 bridgehead atoms. The van der Waals surface area contributed by atoms with E-state index in [2.05, 4.69) is 10.6 Å². The molecule has 0 spiro atoms. The van der Waals surface area contributed by atoms with Crippen molar-refractivity contribution >= 4 is 35.1 Å². The fourth-order valence-corrected chi connectivity index (χ4v) is 3.83. The number of amides is 5. The third kappa shape index (κ3) is 3.79. The van der Waals surface area contributed by atoms with E-state index in [1.807, 2.05) is 0 Å². The lowest BCUT2D eigenvalue weighted by Crippen LogP contribution is -2.42. The summed E-state index contributed by atoms with van der Waals surface area (Å²) in [5.41, 5.74) is -0.414. The predicted octanol–water partition coefficient (Wildman–Crippen LogP) is 2.50. The third-order valence-electron chi connectivity index (χ3n) is 5.61. The number of hydrogen-bond acceptors (Lipinski definition) is 4. The van der Waals surface area contributed by atoms with Gasteiger partial charge < -0.3 is 15.5 Å². The molecule has 2 aromatic carbocycles. The van der Waals surface area contributed by atoms with Gasteiger partial charge in [-0.1, -0.05) is 6.07 Å². The molecule has 2 aliphatic rings. The van der Waals surface area contributed by atoms with Crippen LogP contribution in [0.5, 0.6) is 0 Å². The van der Waals surface area contributed by atoms with E-state index in [0.717, 1.165) is 24.2 Å². The minimum Gasteiger partial charge on any atom is -0.325 e. The number of benzene rings is 2. The molecule has 0 radical (unpaired) electrons. The molecule has 2 N–H and O–H groups in total. The van der Waals surface area contributed by atoms with Crippen molar-refractivity contribution < 1.29 is 28.0 Å². The van der Waals surface area contributed by atoms with Crippen molar-refractivity contribution in [3.05, 3.63) is 59.7 Å². The fraction of sp³-hybridized carbons (Fsp3) is 0.273. The molecule has 2 saturated heterocycles. The highest BCUT2D eigenvalue weighted by atomic mass is 19.2. The molecule has 10 heteroatoms. The molecule has 0 aromatic heterocycles. The molecular weight excluding hydrogens is 422 g/mol. The van der Waals surface area contributed by atoms with Crippen LogP contribution in [0.1, 0.15) is 25.3 Å². The molecule has 1 unspecified atom stereocenters. The molecule has 4 rings (SSSR count). The van der Waals surface area contributed by atoms with Crippen LogP contribution in [0.15, 0.2) is 42.5 Å². The number of carbonyl (C=O) groups excluding carboxylic acids is 4. The first kappa shape index (κ1) is 21.4. The number of nitrogens with one attached hydrogen (secondary N) is 2. The molecule has 2 aliphatic heterocycles. The van der Waals surface area contributed by atoms with Crippen molar-refractivity contribution in [3.8, 4) is 0 Å². The highest BCUT2D eigenvalue weighted by Gasteiger charge is 2.49. The fourth-order valence-electron chi connectivity index (χ4n) is 3.83. The summed E-state index contributed by atoms with van der Waals surface area (Å²) in [4.78, 5) is 51.8. The molecule has 32 heavy (non-hydrogen) atoms. The van der Waals surface area contributed by atoms with Crippen LogP contribution in [0.4, 0.5) is 25.0 Å². The molecule has 1 atom stereocenters. The molecule has 2 aromatic rings. The first-order valence-electron chi connectivity index (χ1n) is 9.99. The van der Waals surface area contributed by atoms with Gasteiger partial charge in [0.05, 0.1) is 0 Å². The van der Waals surface area contributed by atoms with Gasteiger partial charge in [-0.15, -0.1) is 0 Å². The van der Waals surface area contributed by atoms with E-state index >= 15 is 0 Å². The first-order chi connectivity index (χ1) is 15.2. The van der Waals surface area contributed by atoms with Crippen molar-refractivity contribution in [1.82, 2.24) is 10.2 Å². The Balaban J connectivity index is 1.43. The van der Waals surface area contributed by atoms with Crippen molar-refractivity contribution in [2.24, 2.45) is 0 Å². The molecule has 8 nitrogen and oxygen atoms in total. The molecule has 0 saturated carbocycles. The Morgan fingerprint density at radius 3 is 2.44 bits per heavy atom. The van der Waals surface area contributed by atoms with Gasteiger partial charge in [-0.25, -0.2) is 13.6 Å². The average Bonchev–Trinajstić information content (AvgIpc) is 3.27. The first-order valence-corrected chi connectivity index (χ1v) is 9.99. The SMILES string of the molecule is CC1(c2ccc(F)c(F)c2)NC(=O)N(CC(=O)Nc2ccc(N3CCCC3=O)cc2)C1=O. The minimum absolute atomic E-state index is 0.0458. The van der Waals surface area contributed by atoms with E-state index in [1.54, 1.807) is 29.2 Å². The zero-order chi connectivity index (χ0) is 23.0. The normalized spacial score (nSPS) is 20.7. The van der Waals surface area contributed by atoms with E-state index in [-0.39, 0.29) is 11.5 Å². The molecule has 5 amide bonds. The van der Waals surface area contributed by atoms with E-state index in [0.29, 0.717) is 23.6 Å². The van der Waals surface area contributed by atoms with Gasteiger partial charge in [0.15, 0.2) is 11.6 Å². The second-order valence-electron chi connectivity index (χ2n) is 7.82. The van der Waals surface area contributed by atoms with Crippen LogP contribution >= 0.6 is 0 Å². The summed E-state index contributed by atoms with van der Waals surface area (Å²) in [6.45, 7) is 1.44. The highest BCUT2D eigenvalue weighted by Crippen LogP contribution is 2.30.